The molecule has 0 aliphatic heterocycles. The first-order valence-corrected chi connectivity index (χ1v) is 47.3. The van der Waals surface area contributed by atoms with E-state index in [-0.39, 0.29) is 11.6 Å². The highest BCUT2D eigenvalue weighted by Gasteiger charge is 2.28. The van der Waals surface area contributed by atoms with Crippen LogP contribution in [0.4, 0.5) is 77.0 Å². The summed E-state index contributed by atoms with van der Waals surface area (Å²) in [5.41, 5.74) is 35.4. The van der Waals surface area contributed by atoms with Crippen molar-refractivity contribution in [2.45, 2.75) is 110 Å². The maximum atomic E-state index is 14.2. The van der Waals surface area contributed by atoms with Gasteiger partial charge in [0.25, 0.3) is 0 Å². The van der Waals surface area contributed by atoms with Crippen LogP contribution in [0, 0.1) is 102 Å². The predicted molar refractivity (Wildman–Crippen MR) is 535 cm³/mol. The summed E-state index contributed by atoms with van der Waals surface area (Å²) >= 11 is 0. The molecule has 0 radical (unpaired) electrons. The number of hydrogen-bond acceptors (Lipinski definition) is 8. The molecular formula is C116H96F2N4O4Si. The average molecular weight is 1680 g/mol. The molecule has 4 heterocycles. The van der Waals surface area contributed by atoms with Crippen LogP contribution in [-0.4, -0.2) is 8.07 Å². The minimum Gasteiger partial charge on any atom is -0.455 e. The Balaban J connectivity index is 0.000000155. The molecule has 0 spiro atoms. The van der Waals surface area contributed by atoms with Crippen LogP contribution in [0.1, 0.15) is 72.3 Å². The summed E-state index contributed by atoms with van der Waals surface area (Å²) in [7, 11) is -1.46. The van der Waals surface area contributed by atoms with Gasteiger partial charge in [-0.05, 0) is 421 Å². The number of rotatable bonds is 13. The summed E-state index contributed by atoms with van der Waals surface area (Å²) in [6.07, 6.45) is 0. The number of nitrogens with zero attached hydrogens (tertiary/aromatic N) is 4. The van der Waals surface area contributed by atoms with Crippen LogP contribution in [0.25, 0.3) is 131 Å². The van der Waals surface area contributed by atoms with Crippen molar-refractivity contribution in [3.8, 4) is 0 Å². The van der Waals surface area contributed by atoms with E-state index in [1.807, 2.05) is 30.3 Å². The first-order chi connectivity index (χ1) is 61.2. The fourth-order valence-electron chi connectivity index (χ4n) is 19.2. The van der Waals surface area contributed by atoms with Crippen molar-refractivity contribution >= 4 is 212 Å². The van der Waals surface area contributed by atoms with E-state index in [2.05, 4.69) is 366 Å². The lowest BCUT2D eigenvalue weighted by Gasteiger charge is -2.28. The first kappa shape index (κ1) is 79.6. The monoisotopic (exact) mass is 1670 g/mol. The highest BCUT2D eigenvalue weighted by molar-refractivity contribution is 6.88. The van der Waals surface area contributed by atoms with Crippen molar-refractivity contribution in [3.05, 3.63) is 375 Å². The molecule has 0 bridgehead atoms. The van der Waals surface area contributed by atoms with Crippen molar-refractivity contribution in [1.29, 1.82) is 0 Å². The second kappa shape index (κ2) is 30.4. The molecule has 0 saturated carbocycles. The van der Waals surface area contributed by atoms with Crippen molar-refractivity contribution in [3.63, 3.8) is 0 Å². The number of benzene rings is 18. The Kier molecular flexibility index (Phi) is 19.1. The third-order valence-corrected chi connectivity index (χ3v) is 29.2. The summed E-state index contributed by atoms with van der Waals surface area (Å²) in [5.74, 6) is -0.545. The molecule has 622 valence electrons. The minimum atomic E-state index is -1.46. The lowest BCUT2D eigenvalue weighted by Crippen LogP contribution is -2.37. The highest BCUT2D eigenvalue weighted by atomic mass is 28.3. The number of fused-ring (bicyclic) bond motifs is 22. The van der Waals surface area contributed by atoms with Crippen LogP contribution in [0.15, 0.2) is 309 Å². The second-order valence-corrected chi connectivity index (χ2v) is 41.3. The van der Waals surface area contributed by atoms with Crippen LogP contribution >= 0.6 is 0 Å². The van der Waals surface area contributed by atoms with E-state index < -0.39 is 8.07 Å². The molecule has 22 aromatic rings. The van der Waals surface area contributed by atoms with Crippen molar-refractivity contribution in [1.82, 2.24) is 0 Å². The minimum absolute atomic E-state index is 0.272. The van der Waals surface area contributed by atoms with Gasteiger partial charge in [0.2, 0.25) is 0 Å². The first-order valence-electron chi connectivity index (χ1n) is 43.8. The predicted octanol–water partition coefficient (Wildman–Crippen LogP) is 34.3. The molecule has 4 aromatic heterocycles. The Morgan fingerprint density at radius 2 is 0.433 bits per heavy atom. The van der Waals surface area contributed by atoms with Gasteiger partial charge >= 0.3 is 0 Å². The quantitative estimate of drug-likeness (QED) is 0.106. The smallest absolute Gasteiger partial charge is 0.147 e. The Labute approximate surface area is 738 Å². The molecule has 0 amide bonds. The maximum absolute atomic E-state index is 14.2. The molecule has 127 heavy (non-hydrogen) atoms. The molecule has 0 N–H and O–H groups in total. The zero-order valence-corrected chi connectivity index (χ0v) is 75.4. The zero-order valence-electron chi connectivity index (χ0n) is 74.4. The van der Waals surface area contributed by atoms with Gasteiger partial charge in [-0.3, -0.25) is 0 Å². The SMILES string of the molecule is Cc1cc(N(c2ccc(F)cc2)c2ccc3c(ccc4c5ccc6oc7c8ccc(N(c9ccc(F)cc9)c9cc(C)c(C)c(C)c9)cc8ccc7c6c5oc34)c2)cc(C)c1C.Cc1ccc(N(c2cc(C)c(C)c(C)c2)c2ccc3c(ccc4c5ccc6oc7c8ccc(N(c9ccc([Si](C)(C)C)cc9)c9cc(C)c(C)c(C)c9)cc8ccc7c6c5oc34)c2)cc1. The molecule has 0 aliphatic rings. The highest BCUT2D eigenvalue weighted by Crippen LogP contribution is 2.50. The zero-order chi connectivity index (χ0) is 87.6. The third kappa shape index (κ3) is 13.6. The largest absolute Gasteiger partial charge is 0.455 e. The van der Waals surface area contributed by atoms with Gasteiger partial charge in [0.1, 0.15) is 56.3 Å². The molecule has 18 aromatic carbocycles. The van der Waals surface area contributed by atoms with Crippen molar-refractivity contribution in [2.24, 2.45) is 0 Å². The Hall–Kier alpha value is -14.5. The van der Waals surface area contributed by atoms with E-state index in [4.69, 9.17) is 17.7 Å². The molecule has 0 atom stereocenters. The van der Waals surface area contributed by atoms with Gasteiger partial charge in [0.05, 0.1) is 18.8 Å². The summed E-state index contributed by atoms with van der Waals surface area (Å²) in [6.45, 7) is 35.4. The van der Waals surface area contributed by atoms with Gasteiger partial charge in [-0.15, -0.1) is 0 Å². The van der Waals surface area contributed by atoms with E-state index in [0.717, 1.165) is 199 Å². The molecule has 0 fully saturated rings. The summed E-state index contributed by atoms with van der Waals surface area (Å²) in [6, 6.07) is 102. The van der Waals surface area contributed by atoms with Gasteiger partial charge in [0, 0.05) is 122 Å². The lowest BCUT2D eigenvalue weighted by atomic mass is 10.0. The van der Waals surface area contributed by atoms with E-state index in [9.17, 15) is 8.78 Å². The summed E-state index contributed by atoms with van der Waals surface area (Å²) in [5, 5.41) is 18.1. The molecule has 0 unspecified atom stereocenters. The number of furan rings is 4. The van der Waals surface area contributed by atoms with Crippen LogP contribution in [-0.2, 0) is 0 Å². The van der Waals surface area contributed by atoms with Gasteiger partial charge in [0.15, 0.2) is 0 Å². The van der Waals surface area contributed by atoms with Crippen LogP contribution in [0.2, 0.25) is 19.6 Å². The van der Waals surface area contributed by atoms with Gasteiger partial charge in [-0.1, -0.05) is 78.9 Å². The lowest BCUT2D eigenvalue weighted by molar-refractivity contribution is 0.627. The molecular weight excluding hydrogens is 1580 g/mol. The van der Waals surface area contributed by atoms with E-state index in [0.29, 0.717) is 0 Å². The topological polar surface area (TPSA) is 65.5 Å². The summed E-state index contributed by atoms with van der Waals surface area (Å²) in [4.78, 5) is 9.12. The van der Waals surface area contributed by atoms with Crippen LogP contribution < -0.4 is 24.8 Å². The fraction of sp³-hybridized carbons (Fsp3) is 0.138. The number of halogens is 2. The van der Waals surface area contributed by atoms with E-state index in [1.54, 1.807) is 0 Å². The van der Waals surface area contributed by atoms with Gasteiger partial charge in [-0.2, -0.15) is 0 Å². The van der Waals surface area contributed by atoms with E-state index >= 15 is 0 Å². The molecule has 8 nitrogen and oxygen atoms in total. The Morgan fingerprint density at radius 1 is 0.205 bits per heavy atom. The number of anilines is 12. The standard InChI is InChI=1S/C60H54N2O2Si.C56H42F2N2O2/c1-35-11-15-44(16-12-35)61(48-29-36(2)40(6)37(3)30-48)46-19-25-51-42(33-46)13-23-53-54-27-28-56-57(60(54)64-58(51)53)55-24-14-43-34-47(20-26-52(43)59(55)63-56)62(49-31-38(4)41(7)39(5)32-49)45-17-21-50(22-18-45)65(8,9)10;1-31-25-45(26-32(2)35(31)5)59(41-13-9-39(57)10-14-41)43-17-21-47-37(29-43)7-19-49-50-23-24-52-53(56(50)62-54(47)49)51-20-8-38-30-44(18-22-48(38)55(51)61-52)60(42-15-11-40(58)12-16-42)46-27-33(3)36(6)34(4)28-46/h11-34H,1-10H3;7-30H,1-6H3. The van der Waals surface area contributed by atoms with Crippen LogP contribution in [0.3, 0.4) is 0 Å². The fourth-order valence-corrected chi connectivity index (χ4v) is 20.3. The normalized spacial score (nSPS) is 12.0. The van der Waals surface area contributed by atoms with Crippen molar-refractivity contribution < 1.29 is 26.4 Å². The third-order valence-electron chi connectivity index (χ3n) is 27.2. The van der Waals surface area contributed by atoms with E-state index in [1.165, 1.54) is 102 Å². The maximum Gasteiger partial charge on any atom is 0.147 e. The summed E-state index contributed by atoms with van der Waals surface area (Å²) < 4.78 is 55.7. The van der Waals surface area contributed by atoms with Gasteiger partial charge < -0.3 is 37.3 Å². The van der Waals surface area contributed by atoms with Gasteiger partial charge in [-0.25, -0.2) is 8.78 Å². The molecule has 0 aliphatic carbocycles. The molecule has 22 rings (SSSR count). The Bertz CT molecular complexity index is 8220. The second-order valence-electron chi connectivity index (χ2n) is 36.2. The average Bonchev–Trinajstić information content (AvgIpc) is 1.56. The molecule has 11 heteroatoms. The Morgan fingerprint density at radius 3 is 0.717 bits per heavy atom. The number of hydrogen-bond donors (Lipinski definition) is 0. The van der Waals surface area contributed by atoms with Crippen LogP contribution in [0.5, 0.6) is 0 Å². The molecule has 0 saturated heterocycles. The van der Waals surface area contributed by atoms with Crippen molar-refractivity contribution in [2.75, 3.05) is 19.6 Å². The number of aryl methyl sites for hydroxylation is 9.